The first kappa shape index (κ1) is 27.0. The maximum absolute atomic E-state index is 13.1. The van der Waals surface area contributed by atoms with Gasteiger partial charge < -0.3 is 19.3 Å². The molecule has 2 saturated carbocycles. The summed E-state index contributed by atoms with van der Waals surface area (Å²) in [5.41, 5.74) is -2.91. The number of carbonyl (C=O) groups excluding carboxylic acids is 2. The first-order chi connectivity index (χ1) is 15.4. The highest BCUT2D eigenvalue weighted by Gasteiger charge is 2.75. The van der Waals surface area contributed by atoms with Gasteiger partial charge in [0.05, 0.1) is 5.41 Å². The van der Waals surface area contributed by atoms with Crippen molar-refractivity contribution in [2.75, 3.05) is 0 Å². The van der Waals surface area contributed by atoms with E-state index in [1.807, 2.05) is 27.7 Å². The van der Waals surface area contributed by atoms with Crippen molar-refractivity contribution in [2.45, 2.75) is 90.8 Å². The number of rotatable bonds is 7. The van der Waals surface area contributed by atoms with Gasteiger partial charge in [0.25, 0.3) is 6.10 Å². The van der Waals surface area contributed by atoms with E-state index in [0.29, 0.717) is 6.42 Å². The van der Waals surface area contributed by atoms with Gasteiger partial charge in [0, 0.05) is 11.8 Å². The summed E-state index contributed by atoms with van der Waals surface area (Å²) in [6.45, 7) is 9.43. The van der Waals surface area contributed by atoms with Crippen molar-refractivity contribution in [2.24, 2.45) is 34.5 Å². The van der Waals surface area contributed by atoms with E-state index >= 15 is 0 Å². The second-order valence-electron chi connectivity index (χ2n) is 10.7. The minimum Gasteiger partial charge on any atom is -0.459 e. The summed E-state index contributed by atoms with van der Waals surface area (Å²) in [4.78, 5) is 25.8. The van der Waals surface area contributed by atoms with Crippen LogP contribution in [-0.4, -0.2) is 54.0 Å². The lowest BCUT2D eigenvalue weighted by atomic mass is 9.72. The number of hydrogen-bond donors (Lipinski definition) is 1. The molecule has 1 N–H and O–H groups in total. The molecule has 3 aliphatic rings. The van der Waals surface area contributed by atoms with Crippen molar-refractivity contribution < 1.29 is 55.2 Å². The molecule has 1 aliphatic heterocycles. The largest absolute Gasteiger partial charge is 0.459 e. The van der Waals surface area contributed by atoms with E-state index in [-0.39, 0.29) is 24.7 Å². The molecule has 3 fully saturated rings. The van der Waals surface area contributed by atoms with Gasteiger partial charge in [-0.25, -0.2) is 0 Å². The minimum absolute atomic E-state index is 0.0770. The topological polar surface area (TPSA) is 82.1 Å². The zero-order chi connectivity index (χ0) is 26.0. The Kier molecular flexibility index (Phi) is 6.78. The lowest BCUT2D eigenvalue weighted by Crippen LogP contribution is -2.52. The minimum atomic E-state index is -5.87. The molecule has 0 amide bonds. The number of ether oxygens (including phenoxy) is 3. The summed E-state index contributed by atoms with van der Waals surface area (Å²) in [5.74, 6) is -3.72. The van der Waals surface area contributed by atoms with Crippen LogP contribution in [-0.2, 0) is 23.8 Å². The molecule has 7 atom stereocenters. The van der Waals surface area contributed by atoms with Gasteiger partial charge in [-0.1, -0.05) is 27.7 Å². The molecule has 34 heavy (non-hydrogen) atoms. The van der Waals surface area contributed by atoms with Crippen LogP contribution in [0.1, 0.15) is 53.9 Å². The fourth-order valence-electron chi connectivity index (χ4n) is 5.80. The number of esters is 2. The second kappa shape index (κ2) is 8.53. The lowest BCUT2D eigenvalue weighted by Gasteiger charge is -2.38. The zero-order valence-corrected chi connectivity index (χ0v) is 19.5. The summed E-state index contributed by atoms with van der Waals surface area (Å²) in [6, 6.07) is 0. The molecule has 3 rings (SSSR count). The molecule has 0 spiro atoms. The van der Waals surface area contributed by atoms with Crippen LogP contribution in [0, 0.1) is 34.5 Å². The van der Waals surface area contributed by atoms with Crippen LogP contribution in [0.5, 0.6) is 0 Å². The number of alkyl halides is 6. The van der Waals surface area contributed by atoms with Crippen LogP contribution in [0.3, 0.4) is 0 Å². The van der Waals surface area contributed by atoms with E-state index in [0.717, 1.165) is 0 Å². The van der Waals surface area contributed by atoms with Crippen molar-refractivity contribution >= 4 is 11.9 Å². The molecule has 2 bridgehead atoms. The van der Waals surface area contributed by atoms with Crippen LogP contribution in [0.15, 0.2) is 0 Å². The number of fused-ring (bicyclic) bond motifs is 1. The molecule has 196 valence electrons. The SMILES string of the molecule is CC(C)CC(C)(C(=O)OC1C2CC3C1OC(O)C3(C(=O)OC(C(F)(F)F)C(F)(F)F)C2)C(C)C. The van der Waals surface area contributed by atoms with E-state index < -0.39 is 71.6 Å². The predicted molar refractivity (Wildman–Crippen MR) is 104 cm³/mol. The third-order valence-corrected chi connectivity index (χ3v) is 7.75. The molecule has 0 aromatic carbocycles. The quantitative estimate of drug-likeness (QED) is 0.409. The molecule has 6 nitrogen and oxygen atoms in total. The van der Waals surface area contributed by atoms with E-state index in [9.17, 15) is 41.0 Å². The molecule has 2 aliphatic carbocycles. The van der Waals surface area contributed by atoms with Gasteiger partial charge in [-0.3, -0.25) is 9.59 Å². The Morgan fingerprint density at radius 2 is 1.65 bits per heavy atom. The van der Waals surface area contributed by atoms with E-state index in [2.05, 4.69) is 4.74 Å². The van der Waals surface area contributed by atoms with Crippen molar-refractivity contribution in [1.82, 2.24) is 0 Å². The number of hydrogen-bond acceptors (Lipinski definition) is 6. The van der Waals surface area contributed by atoms with Crippen LogP contribution < -0.4 is 0 Å². The van der Waals surface area contributed by atoms with Gasteiger partial charge in [0.1, 0.15) is 17.6 Å². The molecule has 7 unspecified atom stereocenters. The number of carbonyl (C=O) groups is 2. The van der Waals surface area contributed by atoms with Gasteiger partial charge in [-0.05, 0) is 38.0 Å². The summed E-state index contributed by atoms with van der Waals surface area (Å²) < 4.78 is 92.6. The highest BCUT2D eigenvalue weighted by atomic mass is 19.4. The molecule has 0 radical (unpaired) electrons. The molecule has 12 heteroatoms. The zero-order valence-electron chi connectivity index (χ0n) is 19.5. The predicted octanol–water partition coefficient (Wildman–Crippen LogP) is 4.39. The van der Waals surface area contributed by atoms with E-state index in [1.54, 1.807) is 6.92 Å². The Morgan fingerprint density at radius 3 is 2.12 bits per heavy atom. The Hall–Kier alpha value is -1.56. The molecular weight excluding hydrogens is 474 g/mol. The third kappa shape index (κ3) is 4.29. The van der Waals surface area contributed by atoms with E-state index in [1.165, 1.54) is 0 Å². The number of aliphatic hydroxyl groups excluding tert-OH is 1. The van der Waals surface area contributed by atoms with Crippen molar-refractivity contribution in [3.8, 4) is 0 Å². The second-order valence-corrected chi connectivity index (χ2v) is 10.7. The van der Waals surface area contributed by atoms with Gasteiger partial charge in [0.2, 0.25) is 0 Å². The summed E-state index contributed by atoms with van der Waals surface area (Å²) in [5, 5.41) is 10.4. The maximum atomic E-state index is 13.1. The Balaban J connectivity index is 1.80. The number of halogens is 6. The average molecular weight is 504 g/mol. The molecule has 1 saturated heterocycles. The molecule has 0 aromatic rings. The third-order valence-electron chi connectivity index (χ3n) is 7.75. The van der Waals surface area contributed by atoms with Crippen LogP contribution in [0.4, 0.5) is 26.3 Å². The summed E-state index contributed by atoms with van der Waals surface area (Å²) in [7, 11) is 0. The van der Waals surface area contributed by atoms with Crippen molar-refractivity contribution in [1.29, 1.82) is 0 Å². The molecular formula is C22H30F6O6. The first-order valence-corrected chi connectivity index (χ1v) is 11.2. The van der Waals surface area contributed by atoms with E-state index in [4.69, 9.17) is 9.47 Å². The molecule has 1 heterocycles. The van der Waals surface area contributed by atoms with Crippen LogP contribution >= 0.6 is 0 Å². The smallest absolute Gasteiger partial charge is 0.434 e. The first-order valence-electron chi connectivity index (χ1n) is 11.2. The molecule has 0 aromatic heterocycles. The van der Waals surface area contributed by atoms with Crippen LogP contribution in [0.25, 0.3) is 0 Å². The fraction of sp³-hybridized carbons (Fsp3) is 0.909. The van der Waals surface area contributed by atoms with Gasteiger partial charge >= 0.3 is 24.3 Å². The van der Waals surface area contributed by atoms with Crippen molar-refractivity contribution in [3.63, 3.8) is 0 Å². The lowest BCUT2D eigenvalue weighted by molar-refractivity contribution is -0.317. The van der Waals surface area contributed by atoms with Gasteiger partial charge in [-0.15, -0.1) is 0 Å². The van der Waals surface area contributed by atoms with Gasteiger partial charge in [0.15, 0.2) is 6.29 Å². The van der Waals surface area contributed by atoms with Crippen molar-refractivity contribution in [3.05, 3.63) is 0 Å². The standard InChI is InChI=1S/C22H30F6O6/c1-9(2)7-19(5,10(3)4)16(29)32-13-11-6-12-14(13)33-17(30)20(12,8-11)18(31)34-15(21(23,24)25)22(26,27)28/h9-15,17,30H,6-8H2,1-5H3. The Morgan fingerprint density at radius 1 is 1.09 bits per heavy atom. The maximum Gasteiger partial charge on any atom is 0.434 e. The highest BCUT2D eigenvalue weighted by molar-refractivity contribution is 5.80. The van der Waals surface area contributed by atoms with Gasteiger partial charge in [-0.2, -0.15) is 26.3 Å². The van der Waals surface area contributed by atoms with Crippen LogP contribution in [0.2, 0.25) is 0 Å². The number of aliphatic hydroxyl groups is 1. The average Bonchev–Trinajstić information content (AvgIpc) is 3.25. The Bertz CT molecular complexity index is 797. The summed E-state index contributed by atoms with van der Waals surface area (Å²) >= 11 is 0. The summed E-state index contributed by atoms with van der Waals surface area (Å²) in [6.07, 6.45) is -19.6. The normalized spacial score (nSPS) is 34.7. The highest BCUT2D eigenvalue weighted by Crippen LogP contribution is 2.65. The monoisotopic (exact) mass is 504 g/mol. The Labute approximate surface area is 193 Å². The fourth-order valence-corrected chi connectivity index (χ4v) is 5.80.